The van der Waals surface area contributed by atoms with E-state index in [2.05, 4.69) is 31.1 Å². The van der Waals surface area contributed by atoms with Crippen LogP contribution in [0.25, 0.3) is 0 Å². The van der Waals surface area contributed by atoms with Crippen molar-refractivity contribution >= 4 is 23.3 Å². The Hall–Kier alpha value is -1.33. The lowest BCUT2D eigenvalue weighted by Gasteiger charge is -2.42. The van der Waals surface area contributed by atoms with Crippen LogP contribution in [0.4, 0.5) is 10.5 Å². The molecule has 2 heterocycles. The van der Waals surface area contributed by atoms with E-state index in [1.54, 1.807) is 23.2 Å². The highest BCUT2D eigenvalue weighted by Gasteiger charge is 2.37. The molecular weight excluding hydrogens is 290 g/mol. The van der Waals surface area contributed by atoms with Crippen LogP contribution in [0.5, 0.6) is 0 Å². The quantitative estimate of drug-likeness (QED) is 0.784. The fourth-order valence-electron chi connectivity index (χ4n) is 2.80. The predicted octanol–water partition coefficient (Wildman–Crippen LogP) is 3.00. The van der Waals surface area contributed by atoms with E-state index >= 15 is 0 Å². The number of amides is 2. The minimum absolute atomic E-state index is 0.0364. The molecule has 2 amide bonds. The van der Waals surface area contributed by atoms with Gasteiger partial charge in [0.2, 0.25) is 0 Å². The molecule has 2 atom stereocenters. The van der Waals surface area contributed by atoms with Crippen molar-refractivity contribution in [2.45, 2.75) is 33.3 Å². The summed E-state index contributed by atoms with van der Waals surface area (Å²) in [5.74, 6) is 0.198. The Balaban J connectivity index is 1.98. The van der Waals surface area contributed by atoms with Crippen molar-refractivity contribution < 1.29 is 9.90 Å². The first-order valence-corrected chi connectivity index (χ1v) is 7.51. The molecule has 21 heavy (non-hydrogen) atoms. The van der Waals surface area contributed by atoms with Crippen LogP contribution >= 0.6 is 11.6 Å². The van der Waals surface area contributed by atoms with Crippen molar-refractivity contribution in [2.75, 3.05) is 18.4 Å². The third kappa shape index (κ3) is 3.86. The maximum Gasteiger partial charge on any atom is 0.322 e. The molecule has 2 unspecified atom stereocenters. The number of hydrogen-bond donors (Lipinski definition) is 2. The molecule has 5 nitrogen and oxygen atoms in total. The Morgan fingerprint density at radius 2 is 2.24 bits per heavy atom. The second-order valence-electron chi connectivity index (χ2n) is 6.55. The number of aliphatic hydroxyl groups is 1. The smallest absolute Gasteiger partial charge is 0.322 e. The van der Waals surface area contributed by atoms with Gasteiger partial charge in [-0.3, -0.25) is 0 Å². The van der Waals surface area contributed by atoms with Crippen molar-refractivity contribution in [3.63, 3.8) is 0 Å². The van der Waals surface area contributed by atoms with Gasteiger partial charge in [0.05, 0.1) is 11.8 Å². The predicted molar refractivity (Wildman–Crippen MR) is 83.4 cm³/mol. The lowest BCUT2D eigenvalue weighted by molar-refractivity contribution is -0.0107. The van der Waals surface area contributed by atoms with Crippen molar-refractivity contribution in [1.82, 2.24) is 9.88 Å². The summed E-state index contributed by atoms with van der Waals surface area (Å²) in [5.41, 5.74) is 0.519. The zero-order valence-corrected chi connectivity index (χ0v) is 13.4. The highest BCUT2D eigenvalue weighted by Crippen LogP contribution is 2.34. The van der Waals surface area contributed by atoms with Gasteiger partial charge < -0.3 is 15.3 Å². The van der Waals surface area contributed by atoms with Crippen LogP contribution in [-0.4, -0.2) is 40.2 Å². The van der Waals surface area contributed by atoms with Gasteiger partial charge in [-0.15, -0.1) is 0 Å². The number of carbonyl (C=O) groups is 1. The first kappa shape index (κ1) is 16.0. The number of carbonyl (C=O) groups excluding carboxylic acids is 1. The molecule has 1 aliphatic heterocycles. The number of nitrogens with zero attached hydrogens (tertiary/aromatic N) is 2. The molecule has 2 rings (SSSR count). The average molecular weight is 312 g/mol. The van der Waals surface area contributed by atoms with Crippen molar-refractivity contribution in [2.24, 2.45) is 11.3 Å². The Morgan fingerprint density at radius 3 is 2.81 bits per heavy atom. The van der Waals surface area contributed by atoms with Gasteiger partial charge in [-0.2, -0.15) is 0 Å². The van der Waals surface area contributed by atoms with Gasteiger partial charge in [0.1, 0.15) is 0 Å². The fourth-order valence-corrected chi connectivity index (χ4v) is 2.97. The van der Waals surface area contributed by atoms with E-state index in [9.17, 15) is 9.90 Å². The number of likely N-dealkylation sites (tertiary alicyclic amines) is 1. The van der Waals surface area contributed by atoms with E-state index in [1.165, 1.54) is 0 Å². The summed E-state index contributed by atoms with van der Waals surface area (Å²) < 4.78 is 0. The Labute approximate surface area is 130 Å². The van der Waals surface area contributed by atoms with E-state index in [-0.39, 0.29) is 22.5 Å². The number of anilines is 1. The van der Waals surface area contributed by atoms with Crippen LogP contribution in [0.3, 0.4) is 0 Å². The van der Waals surface area contributed by atoms with Gasteiger partial charge in [-0.25, -0.2) is 9.78 Å². The molecule has 0 radical (unpaired) electrons. The zero-order chi connectivity index (χ0) is 15.6. The number of urea groups is 1. The number of rotatable bonds is 1. The summed E-state index contributed by atoms with van der Waals surface area (Å²) in [6, 6.07) is 3.16. The van der Waals surface area contributed by atoms with E-state index in [1.807, 2.05) is 0 Å². The van der Waals surface area contributed by atoms with Crippen LogP contribution in [0.1, 0.15) is 27.2 Å². The van der Waals surface area contributed by atoms with E-state index in [0.29, 0.717) is 18.8 Å². The standard InChI is InChI=1S/C15H22ClN3O2/c1-15(2,3)10-6-8-19(9-12(10)20)14(21)18-11-5-4-7-17-13(11)16/h4-5,7,10,12,20H,6,8-9H2,1-3H3,(H,18,21). The molecule has 1 aromatic rings. The number of β-amino-alcohol motifs (C(OH)–C–C–N with tert-alkyl or cyclic N) is 1. The van der Waals surface area contributed by atoms with Gasteiger partial charge in [0.15, 0.2) is 5.15 Å². The van der Waals surface area contributed by atoms with Crippen LogP contribution < -0.4 is 5.32 Å². The second kappa shape index (κ2) is 6.20. The highest BCUT2D eigenvalue weighted by molar-refractivity contribution is 6.32. The SMILES string of the molecule is CC(C)(C)C1CCN(C(=O)Nc2cccnc2Cl)CC1O. The topological polar surface area (TPSA) is 65.5 Å². The monoisotopic (exact) mass is 311 g/mol. The minimum Gasteiger partial charge on any atom is -0.391 e. The van der Waals surface area contributed by atoms with Crippen LogP contribution in [0.15, 0.2) is 18.3 Å². The summed E-state index contributed by atoms with van der Waals surface area (Å²) in [7, 11) is 0. The summed E-state index contributed by atoms with van der Waals surface area (Å²) in [6.07, 6.45) is 1.85. The van der Waals surface area contributed by atoms with Crippen molar-refractivity contribution in [3.8, 4) is 0 Å². The molecule has 0 aromatic carbocycles. The number of hydrogen-bond acceptors (Lipinski definition) is 3. The normalized spacial score (nSPS) is 23.0. The lowest BCUT2D eigenvalue weighted by atomic mass is 9.74. The van der Waals surface area contributed by atoms with Gasteiger partial charge in [-0.1, -0.05) is 32.4 Å². The first-order valence-electron chi connectivity index (χ1n) is 7.13. The van der Waals surface area contributed by atoms with Gasteiger partial charge in [0.25, 0.3) is 0 Å². The van der Waals surface area contributed by atoms with Crippen LogP contribution in [0.2, 0.25) is 5.15 Å². The maximum atomic E-state index is 12.2. The van der Waals surface area contributed by atoms with E-state index in [4.69, 9.17) is 11.6 Å². The molecule has 1 aromatic heterocycles. The third-order valence-electron chi connectivity index (χ3n) is 3.98. The van der Waals surface area contributed by atoms with E-state index < -0.39 is 6.10 Å². The summed E-state index contributed by atoms with van der Waals surface area (Å²) in [5, 5.41) is 13.3. The summed E-state index contributed by atoms with van der Waals surface area (Å²) in [4.78, 5) is 17.8. The molecule has 1 fully saturated rings. The average Bonchev–Trinajstić information content (AvgIpc) is 2.39. The largest absolute Gasteiger partial charge is 0.391 e. The molecule has 0 spiro atoms. The zero-order valence-electron chi connectivity index (χ0n) is 12.6. The lowest BCUT2D eigenvalue weighted by Crippen LogP contribution is -2.51. The van der Waals surface area contributed by atoms with Gasteiger partial charge >= 0.3 is 6.03 Å². The maximum absolute atomic E-state index is 12.2. The molecule has 0 bridgehead atoms. The van der Waals surface area contributed by atoms with Gasteiger partial charge in [-0.05, 0) is 29.9 Å². The molecular formula is C15H22ClN3O2. The molecule has 0 aliphatic carbocycles. The Morgan fingerprint density at radius 1 is 1.52 bits per heavy atom. The number of pyridine rings is 1. The van der Waals surface area contributed by atoms with Crippen LogP contribution in [0, 0.1) is 11.3 Å². The third-order valence-corrected chi connectivity index (χ3v) is 4.28. The van der Waals surface area contributed by atoms with Crippen molar-refractivity contribution in [1.29, 1.82) is 0 Å². The number of halogens is 1. The number of aliphatic hydroxyl groups excluding tert-OH is 1. The molecule has 6 heteroatoms. The van der Waals surface area contributed by atoms with Gasteiger partial charge in [0, 0.05) is 19.3 Å². The highest BCUT2D eigenvalue weighted by atomic mass is 35.5. The molecule has 1 aliphatic rings. The number of aromatic nitrogens is 1. The first-order chi connectivity index (χ1) is 9.79. The molecule has 116 valence electrons. The van der Waals surface area contributed by atoms with E-state index in [0.717, 1.165) is 6.42 Å². The fraction of sp³-hybridized carbons (Fsp3) is 0.600. The minimum atomic E-state index is -0.506. The number of nitrogens with one attached hydrogen (secondary N) is 1. The van der Waals surface area contributed by atoms with Crippen molar-refractivity contribution in [3.05, 3.63) is 23.5 Å². The van der Waals surface area contributed by atoms with Crippen LogP contribution in [-0.2, 0) is 0 Å². The number of piperidine rings is 1. The molecule has 2 N–H and O–H groups in total. The summed E-state index contributed by atoms with van der Waals surface area (Å²) >= 11 is 5.93. The molecule has 1 saturated heterocycles. The molecule has 0 saturated carbocycles. The Kier molecular flexibility index (Phi) is 4.74. The summed E-state index contributed by atoms with van der Waals surface area (Å²) in [6.45, 7) is 7.32. The second-order valence-corrected chi connectivity index (χ2v) is 6.90. The Bertz CT molecular complexity index is 516.